The smallest absolute Gasteiger partial charge is 0.140 e. The van der Waals surface area contributed by atoms with Crippen molar-refractivity contribution >= 4 is 0 Å². The van der Waals surface area contributed by atoms with Crippen LogP contribution in [0.25, 0.3) is 11.4 Å². The van der Waals surface area contributed by atoms with Gasteiger partial charge in [0.2, 0.25) is 0 Å². The van der Waals surface area contributed by atoms with E-state index in [1.807, 2.05) is 30.7 Å². The summed E-state index contributed by atoms with van der Waals surface area (Å²) in [5, 5.41) is 3.42. The molecule has 0 aromatic carbocycles. The van der Waals surface area contributed by atoms with Crippen LogP contribution in [0.3, 0.4) is 0 Å². The van der Waals surface area contributed by atoms with Crippen LogP contribution >= 0.6 is 0 Å². The van der Waals surface area contributed by atoms with Gasteiger partial charge in [0, 0.05) is 36.4 Å². The molecule has 0 spiro atoms. The van der Waals surface area contributed by atoms with Gasteiger partial charge in [-0.05, 0) is 50.9 Å². The van der Waals surface area contributed by atoms with Gasteiger partial charge in [-0.1, -0.05) is 0 Å². The van der Waals surface area contributed by atoms with Crippen molar-refractivity contribution in [2.45, 2.75) is 26.3 Å². The van der Waals surface area contributed by atoms with E-state index in [4.69, 9.17) is 0 Å². The van der Waals surface area contributed by atoms with Crippen LogP contribution in [-0.4, -0.2) is 27.6 Å². The third-order valence-corrected chi connectivity index (χ3v) is 3.89. The van der Waals surface area contributed by atoms with Crippen molar-refractivity contribution in [2.24, 2.45) is 5.92 Å². The molecular weight excluding hydrogens is 236 g/mol. The van der Waals surface area contributed by atoms with E-state index in [-0.39, 0.29) is 0 Å². The van der Waals surface area contributed by atoms with Gasteiger partial charge in [-0.3, -0.25) is 4.98 Å². The molecule has 1 saturated heterocycles. The van der Waals surface area contributed by atoms with Gasteiger partial charge in [-0.2, -0.15) is 0 Å². The van der Waals surface area contributed by atoms with E-state index in [1.54, 1.807) is 0 Å². The number of rotatable bonds is 3. The zero-order valence-electron chi connectivity index (χ0n) is 11.3. The van der Waals surface area contributed by atoms with Crippen molar-refractivity contribution in [3.05, 3.63) is 36.4 Å². The summed E-state index contributed by atoms with van der Waals surface area (Å²) in [5.41, 5.74) is 2.39. The van der Waals surface area contributed by atoms with E-state index in [0.717, 1.165) is 36.9 Å². The lowest BCUT2D eigenvalue weighted by Crippen LogP contribution is -2.30. The van der Waals surface area contributed by atoms with Crippen LogP contribution in [0.15, 0.2) is 30.7 Å². The molecule has 0 aliphatic carbocycles. The molecule has 4 nitrogen and oxygen atoms in total. The maximum atomic E-state index is 4.57. The Balaban J connectivity index is 1.86. The normalized spacial score (nSPS) is 16.7. The van der Waals surface area contributed by atoms with Crippen LogP contribution < -0.4 is 5.32 Å². The van der Waals surface area contributed by atoms with Crippen molar-refractivity contribution in [3.8, 4) is 11.4 Å². The zero-order valence-corrected chi connectivity index (χ0v) is 11.3. The molecule has 3 rings (SSSR count). The number of imidazole rings is 1. The first-order chi connectivity index (χ1) is 9.34. The molecule has 3 heterocycles. The quantitative estimate of drug-likeness (QED) is 0.916. The number of hydrogen-bond acceptors (Lipinski definition) is 3. The predicted octanol–water partition coefficient (Wildman–Crippen LogP) is 2.25. The topological polar surface area (TPSA) is 42.7 Å². The molecule has 1 fully saturated rings. The van der Waals surface area contributed by atoms with Crippen molar-refractivity contribution in [2.75, 3.05) is 13.1 Å². The summed E-state index contributed by atoms with van der Waals surface area (Å²) in [6.07, 6.45) is 8.14. The summed E-state index contributed by atoms with van der Waals surface area (Å²) in [4.78, 5) is 8.65. The minimum absolute atomic E-state index is 0.759. The van der Waals surface area contributed by atoms with E-state index < -0.39 is 0 Å². The number of hydrogen-bond donors (Lipinski definition) is 1. The number of pyridine rings is 1. The van der Waals surface area contributed by atoms with E-state index in [9.17, 15) is 0 Å². The average Bonchev–Trinajstić information content (AvgIpc) is 2.82. The summed E-state index contributed by atoms with van der Waals surface area (Å²) in [6.45, 7) is 5.50. The molecule has 2 aromatic rings. The Bertz CT molecular complexity index is 526. The number of nitrogens with zero attached hydrogens (tertiary/aromatic N) is 3. The number of aryl methyl sites for hydroxylation is 1. The van der Waals surface area contributed by atoms with Crippen LogP contribution in [-0.2, 0) is 6.54 Å². The van der Waals surface area contributed by atoms with E-state index in [0.29, 0.717) is 0 Å². The molecule has 100 valence electrons. The largest absolute Gasteiger partial charge is 0.328 e. The van der Waals surface area contributed by atoms with E-state index >= 15 is 0 Å². The Morgan fingerprint density at radius 1 is 1.26 bits per heavy atom. The minimum Gasteiger partial charge on any atom is -0.328 e. The second-order valence-corrected chi connectivity index (χ2v) is 5.26. The minimum atomic E-state index is 0.759. The molecule has 0 saturated carbocycles. The Morgan fingerprint density at radius 3 is 2.74 bits per heavy atom. The first kappa shape index (κ1) is 12.4. The molecule has 0 bridgehead atoms. The summed E-state index contributed by atoms with van der Waals surface area (Å²) >= 11 is 0. The zero-order chi connectivity index (χ0) is 13.1. The predicted molar refractivity (Wildman–Crippen MR) is 75.8 cm³/mol. The van der Waals surface area contributed by atoms with Gasteiger partial charge in [0.05, 0.1) is 0 Å². The fourth-order valence-corrected chi connectivity index (χ4v) is 2.75. The average molecular weight is 256 g/mol. The molecule has 1 aliphatic rings. The maximum Gasteiger partial charge on any atom is 0.140 e. The highest BCUT2D eigenvalue weighted by Crippen LogP contribution is 2.22. The lowest BCUT2D eigenvalue weighted by molar-refractivity contribution is 0.332. The summed E-state index contributed by atoms with van der Waals surface area (Å²) in [7, 11) is 0. The standard InChI is InChI=1S/C15H20N4/c1-12-10-18-15(14-4-8-17-9-5-14)19(12)11-13-2-6-16-7-3-13/h4-5,8-10,13,16H,2-3,6-7,11H2,1H3. The molecule has 0 radical (unpaired) electrons. The third kappa shape index (κ3) is 2.68. The highest BCUT2D eigenvalue weighted by molar-refractivity contribution is 5.55. The van der Waals surface area contributed by atoms with E-state index in [1.165, 1.54) is 18.5 Å². The number of piperidine rings is 1. The van der Waals surface area contributed by atoms with Crippen molar-refractivity contribution in [3.63, 3.8) is 0 Å². The molecule has 0 unspecified atom stereocenters. The van der Waals surface area contributed by atoms with Crippen molar-refractivity contribution in [1.82, 2.24) is 19.9 Å². The van der Waals surface area contributed by atoms with Gasteiger partial charge in [0.1, 0.15) is 5.82 Å². The van der Waals surface area contributed by atoms with Crippen LogP contribution in [0, 0.1) is 12.8 Å². The lowest BCUT2D eigenvalue weighted by atomic mass is 9.98. The van der Waals surface area contributed by atoms with Gasteiger partial charge < -0.3 is 9.88 Å². The van der Waals surface area contributed by atoms with Gasteiger partial charge in [0.25, 0.3) is 0 Å². The Morgan fingerprint density at radius 2 is 2.00 bits per heavy atom. The maximum absolute atomic E-state index is 4.57. The van der Waals surface area contributed by atoms with Gasteiger partial charge in [-0.15, -0.1) is 0 Å². The Labute approximate surface area is 113 Å². The van der Waals surface area contributed by atoms with Gasteiger partial charge >= 0.3 is 0 Å². The highest BCUT2D eigenvalue weighted by Gasteiger charge is 2.17. The number of aromatic nitrogens is 3. The summed E-state index contributed by atoms with van der Waals surface area (Å²) in [5.74, 6) is 1.83. The summed E-state index contributed by atoms with van der Waals surface area (Å²) < 4.78 is 2.35. The van der Waals surface area contributed by atoms with Gasteiger partial charge in [-0.25, -0.2) is 4.98 Å². The first-order valence-electron chi connectivity index (χ1n) is 6.98. The molecular formula is C15H20N4. The SMILES string of the molecule is Cc1cnc(-c2ccncc2)n1CC1CCNCC1. The van der Waals surface area contributed by atoms with Gasteiger partial charge in [0.15, 0.2) is 0 Å². The Kier molecular flexibility index (Phi) is 3.60. The molecule has 2 aromatic heterocycles. The third-order valence-electron chi connectivity index (χ3n) is 3.89. The number of nitrogens with one attached hydrogen (secondary N) is 1. The van der Waals surface area contributed by atoms with Crippen LogP contribution in [0.4, 0.5) is 0 Å². The first-order valence-corrected chi connectivity index (χ1v) is 6.98. The molecule has 19 heavy (non-hydrogen) atoms. The second-order valence-electron chi connectivity index (χ2n) is 5.26. The van der Waals surface area contributed by atoms with Crippen molar-refractivity contribution < 1.29 is 0 Å². The van der Waals surface area contributed by atoms with Crippen LogP contribution in [0.1, 0.15) is 18.5 Å². The van der Waals surface area contributed by atoms with Crippen LogP contribution in [0.5, 0.6) is 0 Å². The molecule has 1 aliphatic heterocycles. The second kappa shape index (κ2) is 5.53. The molecule has 4 heteroatoms. The molecule has 0 amide bonds. The highest BCUT2D eigenvalue weighted by atomic mass is 15.1. The van der Waals surface area contributed by atoms with Crippen LogP contribution in [0.2, 0.25) is 0 Å². The molecule has 1 N–H and O–H groups in total. The van der Waals surface area contributed by atoms with Crippen molar-refractivity contribution in [1.29, 1.82) is 0 Å². The fourth-order valence-electron chi connectivity index (χ4n) is 2.75. The fraction of sp³-hybridized carbons (Fsp3) is 0.467. The Hall–Kier alpha value is -1.68. The van der Waals surface area contributed by atoms with E-state index in [2.05, 4.69) is 26.8 Å². The lowest BCUT2D eigenvalue weighted by Gasteiger charge is -2.24. The summed E-state index contributed by atoms with van der Waals surface area (Å²) in [6, 6.07) is 4.06. The monoisotopic (exact) mass is 256 g/mol. The molecule has 0 atom stereocenters.